The molecule has 94 valence electrons. The first-order chi connectivity index (χ1) is 8.33. The van der Waals surface area contributed by atoms with Crippen molar-refractivity contribution in [3.05, 3.63) is 35.9 Å². The molecule has 2 unspecified atom stereocenters. The summed E-state index contributed by atoms with van der Waals surface area (Å²) in [5, 5.41) is 10.2. The number of nitrogens with zero attached hydrogens (tertiary/aromatic N) is 1. The molecule has 1 aliphatic rings. The second-order valence-corrected chi connectivity index (χ2v) is 5.51. The number of likely N-dealkylation sites (tertiary alicyclic amines) is 1. The minimum atomic E-state index is 0.334. The van der Waals surface area contributed by atoms with Gasteiger partial charge >= 0.3 is 0 Å². The van der Waals surface area contributed by atoms with Crippen LogP contribution in [0.5, 0.6) is 0 Å². The van der Waals surface area contributed by atoms with Crippen LogP contribution < -0.4 is 0 Å². The van der Waals surface area contributed by atoms with Crippen LogP contribution in [0.2, 0.25) is 0 Å². The zero-order valence-electron chi connectivity index (χ0n) is 10.1. The van der Waals surface area contributed by atoms with Crippen molar-refractivity contribution in [3.8, 4) is 0 Å². The fourth-order valence-electron chi connectivity index (χ4n) is 2.51. The van der Waals surface area contributed by atoms with Gasteiger partial charge in [0.15, 0.2) is 0 Å². The number of hydrogen-bond donors (Lipinski definition) is 1. The molecule has 1 aromatic rings. The third-order valence-corrected chi connectivity index (χ3v) is 4.35. The third-order valence-electron chi connectivity index (χ3n) is 3.56. The van der Waals surface area contributed by atoms with Crippen LogP contribution >= 0.6 is 15.9 Å². The number of aliphatic hydroxyl groups is 1. The summed E-state index contributed by atoms with van der Waals surface area (Å²) in [6.07, 6.45) is 1.14. The van der Waals surface area contributed by atoms with Crippen LogP contribution in [0.25, 0.3) is 0 Å². The van der Waals surface area contributed by atoms with E-state index in [0.29, 0.717) is 18.4 Å². The maximum atomic E-state index is 9.16. The quantitative estimate of drug-likeness (QED) is 0.844. The van der Waals surface area contributed by atoms with Gasteiger partial charge in [-0.3, -0.25) is 0 Å². The number of alkyl halides is 1. The molecule has 0 bridgehead atoms. The van der Waals surface area contributed by atoms with E-state index in [1.54, 1.807) is 0 Å². The highest BCUT2D eigenvalue weighted by Crippen LogP contribution is 2.23. The summed E-state index contributed by atoms with van der Waals surface area (Å²) in [6, 6.07) is 10.7. The second-order valence-electron chi connectivity index (χ2n) is 4.86. The van der Waals surface area contributed by atoms with E-state index in [-0.39, 0.29) is 0 Å². The van der Waals surface area contributed by atoms with Crippen molar-refractivity contribution in [2.75, 3.05) is 31.6 Å². The molecule has 1 heterocycles. The van der Waals surface area contributed by atoms with Crippen molar-refractivity contribution in [3.63, 3.8) is 0 Å². The van der Waals surface area contributed by atoms with E-state index in [4.69, 9.17) is 5.11 Å². The fourth-order valence-corrected chi connectivity index (χ4v) is 3.09. The molecule has 2 rings (SSSR count). The highest BCUT2D eigenvalue weighted by Gasteiger charge is 2.24. The van der Waals surface area contributed by atoms with Gasteiger partial charge in [-0.05, 0) is 24.4 Å². The number of rotatable bonds is 5. The average molecular weight is 298 g/mol. The minimum Gasteiger partial charge on any atom is -0.396 e. The molecule has 0 aromatic heterocycles. The van der Waals surface area contributed by atoms with Gasteiger partial charge < -0.3 is 10.0 Å². The molecule has 1 N–H and O–H groups in total. The summed E-state index contributed by atoms with van der Waals surface area (Å²) in [5.74, 6) is 1.04. The Labute approximate surface area is 112 Å². The predicted octanol–water partition coefficient (Wildman–Crippen LogP) is 2.48. The topological polar surface area (TPSA) is 23.5 Å². The predicted molar refractivity (Wildman–Crippen MR) is 74.6 cm³/mol. The lowest BCUT2D eigenvalue weighted by Gasteiger charge is -2.22. The maximum absolute atomic E-state index is 9.16. The van der Waals surface area contributed by atoms with Gasteiger partial charge in [-0.1, -0.05) is 46.3 Å². The number of halogens is 1. The molecular weight excluding hydrogens is 278 g/mol. The second kappa shape index (κ2) is 6.53. The molecule has 0 aliphatic carbocycles. The molecule has 1 aromatic carbocycles. The Morgan fingerprint density at radius 3 is 2.71 bits per heavy atom. The van der Waals surface area contributed by atoms with Crippen LogP contribution in [0, 0.1) is 5.92 Å². The Morgan fingerprint density at radius 2 is 2.12 bits per heavy atom. The van der Waals surface area contributed by atoms with Crippen molar-refractivity contribution in [2.45, 2.75) is 12.3 Å². The Hall–Kier alpha value is -0.380. The van der Waals surface area contributed by atoms with E-state index < -0.39 is 0 Å². The molecule has 0 amide bonds. The van der Waals surface area contributed by atoms with Gasteiger partial charge in [0.05, 0.1) is 0 Å². The average Bonchev–Trinajstić information content (AvgIpc) is 2.84. The van der Waals surface area contributed by atoms with Gasteiger partial charge in [-0.25, -0.2) is 0 Å². The van der Waals surface area contributed by atoms with Gasteiger partial charge in [0, 0.05) is 30.9 Å². The first kappa shape index (κ1) is 13.1. The Morgan fingerprint density at radius 1 is 1.35 bits per heavy atom. The summed E-state index contributed by atoms with van der Waals surface area (Å²) < 4.78 is 0. The Kier molecular flexibility index (Phi) is 5.01. The van der Waals surface area contributed by atoms with E-state index in [1.807, 2.05) is 0 Å². The Bertz CT molecular complexity index is 330. The number of aliphatic hydroxyl groups excluding tert-OH is 1. The molecule has 1 aliphatic heterocycles. The summed E-state index contributed by atoms with van der Waals surface area (Å²) in [4.78, 5) is 2.47. The zero-order valence-corrected chi connectivity index (χ0v) is 11.6. The van der Waals surface area contributed by atoms with E-state index in [2.05, 4.69) is 51.2 Å². The van der Waals surface area contributed by atoms with E-state index in [0.717, 1.165) is 31.4 Å². The van der Waals surface area contributed by atoms with Gasteiger partial charge in [0.2, 0.25) is 0 Å². The van der Waals surface area contributed by atoms with E-state index in [9.17, 15) is 0 Å². The van der Waals surface area contributed by atoms with Crippen molar-refractivity contribution in [1.29, 1.82) is 0 Å². The lowest BCUT2D eigenvalue weighted by Crippen LogP contribution is -2.27. The third kappa shape index (κ3) is 3.54. The van der Waals surface area contributed by atoms with Gasteiger partial charge in [-0.2, -0.15) is 0 Å². The van der Waals surface area contributed by atoms with Gasteiger partial charge in [0.25, 0.3) is 0 Å². The van der Waals surface area contributed by atoms with Crippen molar-refractivity contribution < 1.29 is 5.11 Å². The summed E-state index contributed by atoms with van der Waals surface area (Å²) in [5.41, 5.74) is 1.40. The van der Waals surface area contributed by atoms with Crippen molar-refractivity contribution >= 4 is 15.9 Å². The lowest BCUT2D eigenvalue weighted by molar-refractivity contribution is 0.220. The molecule has 1 fully saturated rings. The summed E-state index contributed by atoms with van der Waals surface area (Å²) >= 11 is 3.62. The summed E-state index contributed by atoms with van der Waals surface area (Å²) in [7, 11) is 0. The van der Waals surface area contributed by atoms with Gasteiger partial charge in [0.1, 0.15) is 0 Å². The standard InChI is InChI=1S/C14H20BrNO/c15-8-14(13-4-2-1-3-5-13)10-16-7-6-12(9-16)11-17/h1-5,12,14,17H,6-11H2. The molecule has 1 saturated heterocycles. The molecule has 2 atom stereocenters. The number of hydrogen-bond acceptors (Lipinski definition) is 2. The smallest absolute Gasteiger partial charge is 0.0471 e. The lowest BCUT2D eigenvalue weighted by atomic mass is 10.0. The van der Waals surface area contributed by atoms with Crippen LogP contribution in [0.3, 0.4) is 0 Å². The monoisotopic (exact) mass is 297 g/mol. The van der Waals surface area contributed by atoms with Crippen molar-refractivity contribution in [1.82, 2.24) is 4.90 Å². The number of benzene rings is 1. The molecular formula is C14H20BrNO. The first-order valence-corrected chi connectivity index (χ1v) is 7.39. The summed E-state index contributed by atoms with van der Waals surface area (Å²) in [6.45, 7) is 3.60. The fraction of sp³-hybridized carbons (Fsp3) is 0.571. The van der Waals surface area contributed by atoms with E-state index in [1.165, 1.54) is 5.56 Å². The molecule has 0 radical (unpaired) electrons. The minimum absolute atomic E-state index is 0.334. The maximum Gasteiger partial charge on any atom is 0.0471 e. The molecule has 3 heteroatoms. The first-order valence-electron chi connectivity index (χ1n) is 6.27. The molecule has 0 saturated carbocycles. The molecule has 0 spiro atoms. The van der Waals surface area contributed by atoms with Crippen LogP contribution in [-0.4, -0.2) is 41.6 Å². The van der Waals surface area contributed by atoms with Crippen LogP contribution in [0.4, 0.5) is 0 Å². The van der Waals surface area contributed by atoms with Crippen LogP contribution in [0.15, 0.2) is 30.3 Å². The van der Waals surface area contributed by atoms with Crippen molar-refractivity contribution in [2.24, 2.45) is 5.92 Å². The van der Waals surface area contributed by atoms with Crippen LogP contribution in [-0.2, 0) is 0 Å². The zero-order chi connectivity index (χ0) is 12.1. The highest BCUT2D eigenvalue weighted by atomic mass is 79.9. The normalized spacial score (nSPS) is 22.8. The van der Waals surface area contributed by atoms with Gasteiger partial charge in [-0.15, -0.1) is 0 Å². The van der Waals surface area contributed by atoms with Crippen LogP contribution in [0.1, 0.15) is 17.9 Å². The molecule has 2 nitrogen and oxygen atoms in total. The largest absolute Gasteiger partial charge is 0.396 e. The van der Waals surface area contributed by atoms with E-state index >= 15 is 0 Å². The highest BCUT2D eigenvalue weighted by molar-refractivity contribution is 9.09. The molecule has 17 heavy (non-hydrogen) atoms. The Balaban J connectivity index is 1.92. The SMILES string of the molecule is OCC1CCN(CC(CBr)c2ccccc2)C1.